The second-order valence-electron chi connectivity index (χ2n) is 4.79. The van der Waals surface area contributed by atoms with Gasteiger partial charge in [-0.15, -0.1) is 5.10 Å². The lowest BCUT2D eigenvalue weighted by Crippen LogP contribution is -2.07. The van der Waals surface area contributed by atoms with E-state index in [0.717, 1.165) is 11.3 Å². The van der Waals surface area contributed by atoms with Crippen molar-refractivity contribution in [2.75, 3.05) is 0 Å². The highest BCUT2D eigenvalue weighted by Gasteiger charge is 2.14. The lowest BCUT2D eigenvalue weighted by molar-refractivity contribution is 0.0690. The highest BCUT2D eigenvalue weighted by Crippen LogP contribution is 2.20. The number of rotatable bonds is 4. The Hall–Kier alpha value is -2.67. The predicted octanol–water partition coefficient (Wildman–Crippen LogP) is 2.17. The minimum atomic E-state index is -1.12. The van der Waals surface area contributed by atoms with E-state index in [1.807, 2.05) is 35.8 Å². The maximum absolute atomic E-state index is 10.8. The van der Waals surface area contributed by atoms with E-state index in [1.165, 1.54) is 10.9 Å². The summed E-state index contributed by atoms with van der Waals surface area (Å²) in [6.45, 7) is 2.28. The van der Waals surface area contributed by atoms with Crippen LogP contribution in [0.25, 0.3) is 5.69 Å². The summed E-state index contributed by atoms with van der Waals surface area (Å²) in [7, 11) is 0. The van der Waals surface area contributed by atoms with Crippen molar-refractivity contribution >= 4 is 17.6 Å². The van der Waals surface area contributed by atoms with E-state index in [4.69, 9.17) is 16.7 Å². The summed E-state index contributed by atoms with van der Waals surface area (Å²) in [6, 6.07) is 7.90. The minimum Gasteiger partial charge on any atom is -0.476 e. The van der Waals surface area contributed by atoms with Crippen molar-refractivity contribution in [3.63, 3.8) is 0 Å². The molecular weight excluding hydrogens is 306 g/mol. The van der Waals surface area contributed by atoms with E-state index in [2.05, 4.69) is 15.3 Å². The molecule has 0 saturated carbocycles. The fourth-order valence-electron chi connectivity index (χ4n) is 2.05. The van der Waals surface area contributed by atoms with Gasteiger partial charge in [-0.2, -0.15) is 0 Å². The first-order valence-electron chi connectivity index (χ1n) is 6.47. The lowest BCUT2D eigenvalue weighted by atomic mass is 10.2. The molecule has 0 bridgehead atoms. The molecule has 0 saturated heterocycles. The number of carbonyl (C=O) groups is 1. The highest BCUT2D eigenvalue weighted by molar-refractivity contribution is 6.30. The number of carboxylic acids is 1. The number of nitrogens with zero attached hydrogens (tertiary/aromatic N) is 5. The summed E-state index contributed by atoms with van der Waals surface area (Å²) in [5.74, 6) is -1.12. The maximum atomic E-state index is 10.8. The van der Waals surface area contributed by atoms with E-state index in [1.54, 1.807) is 6.33 Å². The number of imidazole rings is 1. The predicted molar refractivity (Wildman–Crippen MR) is 79.4 cm³/mol. The second kappa shape index (κ2) is 5.61. The molecule has 8 heteroatoms. The lowest BCUT2D eigenvalue weighted by Gasteiger charge is -2.08. The zero-order valence-corrected chi connectivity index (χ0v) is 12.4. The molecule has 112 valence electrons. The molecule has 0 spiro atoms. The van der Waals surface area contributed by atoms with Crippen molar-refractivity contribution in [2.24, 2.45) is 0 Å². The van der Waals surface area contributed by atoms with Crippen molar-refractivity contribution < 1.29 is 9.90 Å². The van der Waals surface area contributed by atoms with Crippen LogP contribution in [0, 0.1) is 6.92 Å². The first-order chi connectivity index (χ1) is 10.5. The Kier molecular flexibility index (Phi) is 3.64. The van der Waals surface area contributed by atoms with Gasteiger partial charge in [0.15, 0.2) is 10.8 Å². The van der Waals surface area contributed by atoms with Gasteiger partial charge in [0.05, 0.1) is 18.4 Å². The van der Waals surface area contributed by atoms with Crippen LogP contribution < -0.4 is 0 Å². The summed E-state index contributed by atoms with van der Waals surface area (Å²) in [6.07, 6.45) is 2.97. The monoisotopic (exact) mass is 317 g/mol. The van der Waals surface area contributed by atoms with Crippen molar-refractivity contribution in [1.29, 1.82) is 0 Å². The fraction of sp³-hybridized carbons (Fsp3) is 0.143. The number of aromatic nitrogens is 5. The third kappa shape index (κ3) is 2.71. The molecule has 0 aliphatic rings. The van der Waals surface area contributed by atoms with Crippen LogP contribution in [0.2, 0.25) is 5.15 Å². The molecular formula is C14H12ClN5O2. The van der Waals surface area contributed by atoms with Gasteiger partial charge in [-0.3, -0.25) is 4.57 Å². The number of halogens is 1. The smallest absolute Gasteiger partial charge is 0.358 e. The molecule has 0 aliphatic carbocycles. The third-order valence-corrected chi connectivity index (χ3v) is 3.51. The first kappa shape index (κ1) is 14.3. The highest BCUT2D eigenvalue weighted by atomic mass is 35.5. The van der Waals surface area contributed by atoms with Crippen LogP contribution >= 0.6 is 11.6 Å². The average Bonchev–Trinajstić information content (AvgIpc) is 3.09. The molecule has 3 rings (SSSR count). The van der Waals surface area contributed by atoms with E-state index in [-0.39, 0.29) is 12.2 Å². The van der Waals surface area contributed by atoms with Crippen LogP contribution in [0.15, 0.2) is 36.8 Å². The van der Waals surface area contributed by atoms with Crippen molar-refractivity contribution in [3.8, 4) is 5.69 Å². The number of hydrogen-bond acceptors (Lipinski definition) is 4. The van der Waals surface area contributed by atoms with Crippen molar-refractivity contribution in [2.45, 2.75) is 13.5 Å². The summed E-state index contributed by atoms with van der Waals surface area (Å²) in [5.41, 5.74) is 2.65. The number of aryl methyl sites for hydroxylation is 1. The molecule has 0 atom stereocenters. The quantitative estimate of drug-likeness (QED) is 0.797. The Morgan fingerprint density at radius 3 is 2.68 bits per heavy atom. The maximum Gasteiger partial charge on any atom is 0.358 e. The van der Waals surface area contributed by atoms with Crippen molar-refractivity contribution in [3.05, 3.63) is 58.9 Å². The van der Waals surface area contributed by atoms with E-state index < -0.39 is 5.97 Å². The van der Waals surface area contributed by atoms with E-state index in [9.17, 15) is 4.79 Å². The normalized spacial score (nSPS) is 10.8. The van der Waals surface area contributed by atoms with Crippen LogP contribution in [0.1, 0.15) is 21.7 Å². The standard InChI is InChI=1S/C14H12ClN5O2/c1-9-2-4-10(5-3-9)20-8-16-13(15)12(20)7-19-6-11(14(21)22)17-18-19/h2-6,8H,7H2,1H3,(H,21,22). The van der Waals surface area contributed by atoms with E-state index >= 15 is 0 Å². The van der Waals surface area contributed by atoms with Crippen LogP contribution in [0.4, 0.5) is 0 Å². The number of hydrogen-bond donors (Lipinski definition) is 1. The van der Waals surface area contributed by atoms with Gasteiger partial charge in [0.1, 0.15) is 6.33 Å². The van der Waals surface area contributed by atoms with E-state index in [0.29, 0.717) is 10.8 Å². The number of aromatic carboxylic acids is 1. The van der Waals surface area contributed by atoms with Gasteiger partial charge in [-0.05, 0) is 19.1 Å². The summed E-state index contributed by atoms with van der Waals surface area (Å²) < 4.78 is 3.25. The molecule has 3 aromatic rings. The van der Waals surface area contributed by atoms with Crippen LogP contribution in [0.3, 0.4) is 0 Å². The Morgan fingerprint density at radius 1 is 1.32 bits per heavy atom. The molecule has 7 nitrogen and oxygen atoms in total. The zero-order valence-electron chi connectivity index (χ0n) is 11.6. The average molecular weight is 318 g/mol. The Balaban J connectivity index is 1.95. The second-order valence-corrected chi connectivity index (χ2v) is 5.15. The Morgan fingerprint density at radius 2 is 2.05 bits per heavy atom. The molecule has 0 fully saturated rings. The summed E-state index contributed by atoms with van der Waals surface area (Å²) in [5, 5.41) is 16.6. The molecule has 0 amide bonds. The molecule has 2 aromatic heterocycles. The van der Waals surface area contributed by atoms with Crippen molar-refractivity contribution in [1.82, 2.24) is 24.5 Å². The SMILES string of the molecule is Cc1ccc(-n2cnc(Cl)c2Cn2cc(C(=O)O)nn2)cc1. The van der Waals surface area contributed by atoms with Gasteiger partial charge in [0.2, 0.25) is 0 Å². The van der Waals surface area contributed by atoms with Gasteiger partial charge in [0, 0.05) is 5.69 Å². The molecule has 0 unspecified atom stereocenters. The van der Waals surface area contributed by atoms with Gasteiger partial charge in [-0.25, -0.2) is 14.5 Å². The largest absolute Gasteiger partial charge is 0.476 e. The molecule has 0 aliphatic heterocycles. The summed E-state index contributed by atoms with van der Waals surface area (Å²) in [4.78, 5) is 14.9. The molecule has 0 radical (unpaired) electrons. The topological polar surface area (TPSA) is 85.8 Å². The van der Waals surface area contributed by atoms with Gasteiger partial charge < -0.3 is 5.11 Å². The van der Waals surface area contributed by atoms with Gasteiger partial charge >= 0.3 is 5.97 Å². The Bertz CT molecular complexity index is 822. The molecule has 1 aromatic carbocycles. The molecule has 1 N–H and O–H groups in total. The molecule has 22 heavy (non-hydrogen) atoms. The minimum absolute atomic E-state index is 0.113. The number of benzene rings is 1. The Labute approximate surface area is 130 Å². The summed E-state index contributed by atoms with van der Waals surface area (Å²) >= 11 is 6.14. The third-order valence-electron chi connectivity index (χ3n) is 3.20. The van der Waals surface area contributed by atoms with Gasteiger partial charge in [0.25, 0.3) is 0 Å². The molecule has 2 heterocycles. The first-order valence-corrected chi connectivity index (χ1v) is 6.84. The van der Waals surface area contributed by atoms with Gasteiger partial charge in [-0.1, -0.05) is 34.5 Å². The fourth-order valence-corrected chi connectivity index (χ4v) is 2.24. The number of carboxylic acid groups (broad SMARTS) is 1. The van der Waals surface area contributed by atoms with Crippen LogP contribution in [0.5, 0.6) is 0 Å². The van der Waals surface area contributed by atoms with Crippen LogP contribution in [-0.2, 0) is 6.54 Å². The zero-order chi connectivity index (χ0) is 15.7. The van der Waals surface area contributed by atoms with Crippen LogP contribution in [-0.4, -0.2) is 35.6 Å².